The van der Waals surface area contributed by atoms with E-state index in [1.54, 1.807) is 0 Å². The summed E-state index contributed by atoms with van der Waals surface area (Å²) in [5.41, 5.74) is -1.50. The van der Waals surface area contributed by atoms with E-state index in [2.05, 4.69) is 0 Å². The molecule has 0 heterocycles. The van der Waals surface area contributed by atoms with E-state index in [-0.39, 0.29) is 17.3 Å². The summed E-state index contributed by atoms with van der Waals surface area (Å²) in [6.45, 7) is 5.68. The maximum absolute atomic E-state index is 11.7. The molecular formula is C17H28O3. The van der Waals surface area contributed by atoms with Crippen molar-refractivity contribution in [3.63, 3.8) is 0 Å². The Bertz CT molecular complexity index is 379. The van der Waals surface area contributed by atoms with Crippen molar-refractivity contribution in [1.82, 2.24) is 0 Å². The van der Waals surface area contributed by atoms with Gasteiger partial charge in [-0.3, -0.25) is 0 Å². The van der Waals surface area contributed by atoms with Gasteiger partial charge in [-0.05, 0) is 67.6 Å². The van der Waals surface area contributed by atoms with E-state index in [4.69, 9.17) is 0 Å². The van der Waals surface area contributed by atoms with Gasteiger partial charge in [0.2, 0.25) is 0 Å². The summed E-state index contributed by atoms with van der Waals surface area (Å²) in [5, 5.41) is 20.5. The zero-order valence-corrected chi connectivity index (χ0v) is 12.9. The summed E-state index contributed by atoms with van der Waals surface area (Å²) >= 11 is 0. The van der Waals surface area contributed by atoms with E-state index < -0.39 is 11.6 Å². The predicted octanol–water partition coefficient (Wildman–Crippen LogP) is 3.31. The summed E-state index contributed by atoms with van der Waals surface area (Å²) in [5.74, 6) is 0.927. The second-order valence-electron chi connectivity index (χ2n) is 8.29. The highest BCUT2D eigenvalue weighted by Crippen LogP contribution is 2.64. The van der Waals surface area contributed by atoms with Gasteiger partial charge in [0.25, 0.3) is 0 Å². The minimum absolute atomic E-state index is 0.0756. The molecule has 4 bridgehead atoms. The highest BCUT2D eigenvalue weighted by atomic mass is 16.4. The monoisotopic (exact) mass is 280 g/mol. The van der Waals surface area contributed by atoms with Crippen LogP contribution in [0.2, 0.25) is 0 Å². The molecule has 114 valence electrons. The second-order valence-corrected chi connectivity index (χ2v) is 8.29. The van der Waals surface area contributed by atoms with Crippen molar-refractivity contribution in [2.75, 3.05) is 0 Å². The lowest BCUT2D eigenvalue weighted by Gasteiger charge is -2.61. The molecule has 0 radical (unpaired) electrons. The predicted molar refractivity (Wildman–Crippen MR) is 77.2 cm³/mol. The standard InChI is InChI=1S/C17H28O3/c1-10(2)17(20,15(18)19)11(3)16-7-12-4-13(8-16)6-14(5-12)9-16/h10-14,20H,4-9H2,1-3H3,(H,18,19). The summed E-state index contributed by atoms with van der Waals surface area (Å²) in [4.78, 5) is 11.7. The van der Waals surface area contributed by atoms with E-state index in [1.807, 2.05) is 20.8 Å². The number of aliphatic hydroxyl groups is 1. The average Bonchev–Trinajstić information content (AvgIpc) is 2.34. The van der Waals surface area contributed by atoms with Crippen LogP contribution >= 0.6 is 0 Å². The van der Waals surface area contributed by atoms with Crippen LogP contribution in [0, 0.1) is 35.0 Å². The molecule has 3 nitrogen and oxygen atoms in total. The molecule has 0 aromatic heterocycles. The van der Waals surface area contributed by atoms with Gasteiger partial charge in [0.05, 0.1) is 0 Å². The lowest BCUT2D eigenvalue weighted by Crippen LogP contribution is -2.59. The van der Waals surface area contributed by atoms with E-state index in [1.165, 1.54) is 19.3 Å². The number of hydrogen-bond donors (Lipinski definition) is 2. The van der Waals surface area contributed by atoms with Gasteiger partial charge in [0, 0.05) is 5.92 Å². The molecule has 0 saturated heterocycles. The van der Waals surface area contributed by atoms with Gasteiger partial charge in [-0.1, -0.05) is 20.8 Å². The molecule has 2 N–H and O–H groups in total. The first-order valence-corrected chi connectivity index (χ1v) is 8.23. The Balaban J connectivity index is 1.93. The molecule has 4 aliphatic carbocycles. The molecule has 4 saturated carbocycles. The topological polar surface area (TPSA) is 57.5 Å². The zero-order chi connectivity index (χ0) is 14.7. The fraction of sp³-hybridized carbons (Fsp3) is 0.941. The fourth-order valence-corrected chi connectivity index (χ4v) is 6.11. The highest BCUT2D eigenvalue weighted by molar-refractivity contribution is 5.78. The third-order valence-corrected chi connectivity index (χ3v) is 6.89. The molecule has 0 aliphatic heterocycles. The van der Waals surface area contributed by atoms with E-state index in [0.29, 0.717) is 0 Å². The summed E-state index contributed by atoms with van der Waals surface area (Å²) in [6.07, 6.45) is 7.46. The van der Waals surface area contributed by atoms with Gasteiger partial charge in [-0.15, -0.1) is 0 Å². The molecule has 4 fully saturated rings. The first-order chi connectivity index (χ1) is 9.28. The molecule has 2 atom stereocenters. The Labute approximate surface area is 121 Å². The van der Waals surface area contributed by atoms with Crippen molar-refractivity contribution in [3.8, 4) is 0 Å². The number of rotatable bonds is 4. The van der Waals surface area contributed by atoms with Gasteiger partial charge < -0.3 is 10.2 Å². The zero-order valence-electron chi connectivity index (χ0n) is 12.9. The Morgan fingerprint density at radius 2 is 1.45 bits per heavy atom. The van der Waals surface area contributed by atoms with Gasteiger partial charge in [-0.2, -0.15) is 0 Å². The minimum Gasteiger partial charge on any atom is -0.479 e. The third-order valence-electron chi connectivity index (χ3n) is 6.89. The van der Waals surface area contributed by atoms with Gasteiger partial charge >= 0.3 is 5.97 Å². The van der Waals surface area contributed by atoms with Crippen molar-refractivity contribution in [3.05, 3.63) is 0 Å². The van der Waals surface area contributed by atoms with Gasteiger partial charge in [0.15, 0.2) is 5.60 Å². The van der Waals surface area contributed by atoms with Crippen molar-refractivity contribution < 1.29 is 15.0 Å². The average molecular weight is 280 g/mol. The van der Waals surface area contributed by atoms with Crippen LogP contribution in [0.15, 0.2) is 0 Å². The van der Waals surface area contributed by atoms with Crippen molar-refractivity contribution >= 4 is 5.97 Å². The molecule has 4 aliphatic rings. The van der Waals surface area contributed by atoms with Crippen LogP contribution in [0.25, 0.3) is 0 Å². The maximum Gasteiger partial charge on any atom is 0.336 e. The van der Waals surface area contributed by atoms with Crippen LogP contribution in [0.3, 0.4) is 0 Å². The third kappa shape index (κ3) is 1.85. The van der Waals surface area contributed by atoms with Crippen LogP contribution in [0.5, 0.6) is 0 Å². The molecule has 0 spiro atoms. The number of carbonyl (C=O) groups is 1. The van der Waals surface area contributed by atoms with Gasteiger partial charge in [0.1, 0.15) is 0 Å². The van der Waals surface area contributed by atoms with Crippen molar-refractivity contribution in [2.45, 2.75) is 64.9 Å². The van der Waals surface area contributed by atoms with Crippen LogP contribution < -0.4 is 0 Å². The molecule has 0 aromatic rings. The normalized spacial score (nSPS) is 43.5. The van der Waals surface area contributed by atoms with E-state index >= 15 is 0 Å². The van der Waals surface area contributed by atoms with Crippen LogP contribution in [0.1, 0.15) is 59.3 Å². The van der Waals surface area contributed by atoms with Crippen molar-refractivity contribution in [2.24, 2.45) is 35.0 Å². The Morgan fingerprint density at radius 1 is 1.05 bits per heavy atom. The highest BCUT2D eigenvalue weighted by Gasteiger charge is 2.60. The molecule has 20 heavy (non-hydrogen) atoms. The maximum atomic E-state index is 11.7. The Hall–Kier alpha value is -0.570. The van der Waals surface area contributed by atoms with Crippen LogP contribution in [0.4, 0.5) is 0 Å². The number of hydrogen-bond acceptors (Lipinski definition) is 2. The molecule has 0 amide bonds. The molecular weight excluding hydrogens is 252 g/mol. The molecule has 3 heteroatoms. The summed E-state index contributed by atoms with van der Waals surface area (Å²) in [6, 6.07) is 0. The fourth-order valence-electron chi connectivity index (χ4n) is 6.11. The smallest absolute Gasteiger partial charge is 0.336 e. The number of carboxylic acids is 1. The van der Waals surface area contributed by atoms with E-state index in [0.717, 1.165) is 37.0 Å². The van der Waals surface area contributed by atoms with Crippen molar-refractivity contribution in [1.29, 1.82) is 0 Å². The van der Waals surface area contributed by atoms with Crippen LogP contribution in [-0.2, 0) is 4.79 Å². The number of carboxylic acid groups (broad SMARTS) is 1. The molecule has 0 aromatic carbocycles. The Kier molecular flexibility index (Phi) is 3.20. The lowest BCUT2D eigenvalue weighted by atomic mass is 9.44. The first kappa shape index (κ1) is 14.4. The Morgan fingerprint density at radius 3 is 1.75 bits per heavy atom. The SMILES string of the molecule is CC(C)C(O)(C(=O)O)C(C)C12CC3CC(CC(C3)C1)C2. The summed E-state index contributed by atoms with van der Waals surface area (Å²) < 4.78 is 0. The first-order valence-electron chi connectivity index (χ1n) is 8.23. The lowest BCUT2D eigenvalue weighted by molar-refractivity contribution is -0.194. The van der Waals surface area contributed by atoms with Crippen LogP contribution in [-0.4, -0.2) is 21.8 Å². The second kappa shape index (κ2) is 4.46. The molecule has 4 rings (SSSR count). The number of aliphatic carboxylic acids is 1. The largest absolute Gasteiger partial charge is 0.479 e. The minimum atomic E-state index is -1.58. The molecule has 2 unspecified atom stereocenters. The quantitative estimate of drug-likeness (QED) is 0.830. The summed E-state index contributed by atoms with van der Waals surface area (Å²) in [7, 11) is 0. The van der Waals surface area contributed by atoms with Gasteiger partial charge in [-0.25, -0.2) is 4.79 Å². The van der Waals surface area contributed by atoms with E-state index in [9.17, 15) is 15.0 Å².